The van der Waals surface area contributed by atoms with Crippen LogP contribution >= 0.6 is 0 Å². The minimum absolute atomic E-state index is 0.206. The average molecular weight is 223 g/mol. The zero-order valence-corrected chi connectivity index (χ0v) is 10.0. The van der Waals surface area contributed by atoms with Gasteiger partial charge in [-0.15, -0.1) is 0 Å². The maximum Gasteiger partial charge on any atom is 0.330 e. The van der Waals surface area contributed by atoms with Crippen molar-refractivity contribution in [3.05, 3.63) is 12.2 Å². The van der Waals surface area contributed by atoms with Crippen LogP contribution in [0.5, 0.6) is 0 Å². The summed E-state index contributed by atoms with van der Waals surface area (Å²) in [6.45, 7) is 3.49. The third kappa shape index (κ3) is 2.64. The van der Waals surface area contributed by atoms with Gasteiger partial charge in [0.25, 0.3) is 0 Å². The fourth-order valence-electron chi connectivity index (χ4n) is 2.57. The zero-order valence-electron chi connectivity index (χ0n) is 10.0. The Morgan fingerprint density at radius 2 is 2.19 bits per heavy atom. The summed E-state index contributed by atoms with van der Waals surface area (Å²) in [7, 11) is 0. The molecule has 0 unspecified atom stereocenters. The lowest BCUT2D eigenvalue weighted by molar-refractivity contribution is -0.137. The van der Waals surface area contributed by atoms with Gasteiger partial charge in [0.15, 0.2) is 0 Å². The Hall–Kier alpha value is -0.830. The number of hydrogen-bond donors (Lipinski definition) is 0. The molecule has 0 bridgehead atoms. The highest BCUT2D eigenvalue weighted by atomic mass is 16.5. The van der Waals surface area contributed by atoms with E-state index in [-0.39, 0.29) is 5.97 Å². The van der Waals surface area contributed by atoms with Crippen LogP contribution in [-0.4, -0.2) is 36.1 Å². The Balaban J connectivity index is 1.85. The monoisotopic (exact) mass is 223 g/mol. The van der Waals surface area contributed by atoms with Crippen LogP contribution in [0.4, 0.5) is 0 Å². The first-order valence-electron chi connectivity index (χ1n) is 6.42. The lowest BCUT2D eigenvalue weighted by atomic mass is 9.91. The SMILES string of the molecule is CCOC(=O)/C=C/[C@H]1CCCN1C1CCC1. The van der Waals surface area contributed by atoms with Gasteiger partial charge in [-0.3, -0.25) is 4.90 Å². The van der Waals surface area contributed by atoms with E-state index in [1.54, 1.807) is 6.08 Å². The quantitative estimate of drug-likeness (QED) is 0.540. The van der Waals surface area contributed by atoms with Gasteiger partial charge < -0.3 is 4.74 Å². The van der Waals surface area contributed by atoms with Crippen molar-refractivity contribution in [2.24, 2.45) is 0 Å². The van der Waals surface area contributed by atoms with Gasteiger partial charge in [0.05, 0.1) is 6.61 Å². The average Bonchev–Trinajstić information content (AvgIpc) is 2.61. The highest BCUT2D eigenvalue weighted by Gasteiger charge is 2.32. The second kappa shape index (κ2) is 5.48. The van der Waals surface area contributed by atoms with Crippen molar-refractivity contribution in [1.82, 2.24) is 4.90 Å². The van der Waals surface area contributed by atoms with Gasteiger partial charge in [-0.1, -0.05) is 12.5 Å². The molecule has 2 fully saturated rings. The van der Waals surface area contributed by atoms with Crippen LogP contribution in [0.2, 0.25) is 0 Å². The minimum atomic E-state index is -0.206. The fraction of sp³-hybridized carbons (Fsp3) is 0.769. The lowest BCUT2D eigenvalue weighted by Crippen LogP contribution is -2.42. The summed E-state index contributed by atoms with van der Waals surface area (Å²) in [4.78, 5) is 13.8. The van der Waals surface area contributed by atoms with E-state index in [1.807, 2.05) is 13.0 Å². The molecule has 0 spiro atoms. The molecular weight excluding hydrogens is 202 g/mol. The van der Waals surface area contributed by atoms with E-state index >= 15 is 0 Å². The molecule has 1 atom stereocenters. The van der Waals surface area contributed by atoms with Crippen LogP contribution in [-0.2, 0) is 9.53 Å². The van der Waals surface area contributed by atoms with E-state index in [2.05, 4.69) is 4.90 Å². The Kier molecular flexibility index (Phi) is 3.99. The van der Waals surface area contributed by atoms with Crippen molar-refractivity contribution in [2.75, 3.05) is 13.2 Å². The van der Waals surface area contributed by atoms with Crippen molar-refractivity contribution in [3.8, 4) is 0 Å². The number of carbonyl (C=O) groups is 1. The molecule has 0 amide bonds. The molecule has 3 heteroatoms. The second-order valence-corrected chi connectivity index (χ2v) is 4.64. The molecule has 16 heavy (non-hydrogen) atoms. The van der Waals surface area contributed by atoms with E-state index < -0.39 is 0 Å². The molecular formula is C13H21NO2. The second-order valence-electron chi connectivity index (χ2n) is 4.64. The number of rotatable bonds is 4. The van der Waals surface area contributed by atoms with Crippen LogP contribution in [0.1, 0.15) is 39.0 Å². The first-order valence-corrected chi connectivity index (χ1v) is 6.42. The largest absolute Gasteiger partial charge is 0.463 e. The first-order chi connectivity index (χ1) is 7.81. The number of carbonyl (C=O) groups excluding carboxylic acids is 1. The van der Waals surface area contributed by atoms with Gasteiger partial charge in [0, 0.05) is 18.2 Å². The highest BCUT2D eigenvalue weighted by molar-refractivity contribution is 5.81. The molecule has 0 radical (unpaired) electrons. The summed E-state index contributed by atoms with van der Waals surface area (Å²) < 4.78 is 4.89. The predicted molar refractivity (Wildman–Crippen MR) is 63.1 cm³/mol. The number of hydrogen-bond acceptors (Lipinski definition) is 3. The van der Waals surface area contributed by atoms with Crippen molar-refractivity contribution < 1.29 is 9.53 Å². The molecule has 2 aliphatic rings. The third-order valence-electron chi connectivity index (χ3n) is 3.63. The molecule has 0 N–H and O–H groups in total. The summed E-state index contributed by atoms with van der Waals surface area (Å²) in [6.07, 6.45) is 10.1. The van der Waals surface area contributed by atoms with Crippen molar-refractivity contribution in [1.29, 1.82) is 0 Å². The van der Waals surface area contributed by atoms with Crippen molar-refractivity contribution in [3.63, 3.8) is 0 Å². The molecule has 0 aromatic carbocycles. The molecule has 1 saturated carbocycles. The van der Waals surface area contributed by atoms with E-state index in [4.69, 9.17) is 4.74 Å². The smallest absolute Gasteiger partial charge is 0.330 e. The third-order valence-corrected chi connectivity index (χ3v) is 3.63. The Labute approximate surface area is 97.5 Å². The van der Waals surface area contributed by atoms with Crippen molar-refractivity contribution >= 4 is 5.97 Å². The molecule has 1 aliphatic carbocycles. The molecule has 2 rings (SSSR count). The first kappa shape index (κ1) is 11.6. The standard InChI is InChI=1S/C13H21NO2/c1-2-16-13(15)9-8-12-7-4-10-14(12)11-5-3-6-11/h8-9,11-12H,2-7,10H2,1H3/b9-8+/t12-/m1/s1. The summed E-state index contributed by atoms with van der Waals surface area (Å²) in [6, 6.07) is 1.24. The van der Waals surface area contributed by atoms with Gasteiger partial charge in [0.2, 0.25) is 0 Å². The van der Waals surface area contributed by atoms with E-state index in [0.29, 0.717) is 12.6 Å². The van der Waals surface area contributed by atoms with Gasteiger partial charge in [-0.2, -0.15) is 0 Å². The molecule has 90 valence electrons. The van der Waals surface area contributed by atoms with Gasteiger partial charge in [0.1, 0.15) is 0 Å². The van der Waals surface area contributed by atoms with E-state index in [9.17, 15) is 4.79 Å². The van der Waals surface area contributed by atoms with Gasteiger partial charge in [-0.25, -0.2) is 4.79 Å². The van der Waals surface area contributed by atoms with Gasteiger partial charge in [-0.05, 0) is 39.2 Å². The zero-order chi connectivity index (χ0) is 11.4. The predicted octanol–water partition coefficient (Wildman–Crippen LogP) is 2.12. The van der Waals surface area contributed by atoms with Gasteiger partial charge >= 0.3 is 5.97 Å². The van der Waals surface area contributed by atoms with E-state index in [1.165, 1.54) is 38.6 Å². The lowest BCUT2D eigenvalue weighted by Gasteiger charge is -2.37. The summed E-state index contributed by atoms with van der Waals surface area (Å²) in [5.41, 5.74) is 0. The molecule has 0 aromatic heterocycles. The summed E-state index contributed by atoms with van der Waals surface area (Å²) in [5, 5.41) is 0. The number of esters is 1. The Morgan fingerprint density at radius 1 is 1.38 bits per heavy atom. The molecule has 0 aromatic rings. The number of likely N-dealkylation sites (tertiary alicyclic amines) is 1. The fourth-order valence-corrected chi connectivity index (χ4v) is 2.57. The topological polar surface area (TPSA) is 29.5 Å². The molecule has 1 heterocycles. The van der Waals surface area contributed by atoms with Crippen LogP contribution in [0.25, 0.3) is 0 Å². The minimum Gasteiger partial charge on any atom is -0.463 e. The molecule has 1 saturated heterocycles. The Morgan fingerprint density at radius 3 is 2.81 bits per heavy atom. The molecule has 1 aliphatic heterocycles. The summed E-state index contributed by atoms with van der Waals surface area (Å²) >= 11 is 0. The van der Waals surface area contributed by atoms with E-state index in [0.717, 1.165) is 6.04 Å². The van der Waals surface area contributed by atoms with Crippen LogP contribution in [0.15, 0.2) is 12.2 Å². The number of nitrogens with zero attached hydrogens (tertiary/aromatic N) is 1. The molecule has 3 nitrogen and oxygen atoms in total. The maximum atomic E-state index is 11.2. The van der Waals surface area contributed by atoms with Crippen molar-refractivity contribution in [2.45, 2.75) is 51.1 Å². The van der Waals surface area contributed by atoms with Crippen LogP contribution in [0, 0.1) is 0 Å². The maximum absolute atomic E-state index is 11.2. The summed E-state index contributed by atoms with van der Waals surface area (Å²) in [5.74, 6) is -0.206. The normalized spacial score (nSPS) is 27.2. The van der Waals surface area contributed by atoms with Crippen LogP contribution < -0.4 is 0 Å². The highest BCUT2D eigenvalue weighted by Crippen LogP contribution is 2.31. The Bertz CT molecular complexity index is 271. The van der Waals surface area contributed by atoms with Crippen LogP contribution in [0.3, 0.4) is 0 Å². The number of ether oxygens (including phenoxy) is 1.